The van der Waals surface area contributed by atoms with Gasteiger partial charge in [0.15, 0.2) is 11.3 Å². The van der Waals surface area contributed by atoms with Gasteiger partial charge in [0.05, 0.1) is 16.9 Å². The second-order valence-corrected chi connectivity index (χ2v) is 17.0. The van der Waals surface area contributed by atoms with Crippen LogP contribution in [-0.4, -0.2) is 55.5 Å². The van der Waals surface area contributed by atoms with Gasteiger partial charge in [-0.05, 0) is 95.5 Å². The number of ether oxygens (including phenoxy) is 1. The van der Waals surface area contributed by atoms with Crippen LogP contribution in [0.5, 0.6) is 11.5 Å². The lowest BCUT2D eigenvalue weighted by molar-refractivity contribution is 0.303. The molecule has 0 unspecified atom stereocenters. The molecule has 0 spiro atoms. The Labute approximate surface area is 339 Å². The fourth-order valence-corrected chi connectivity index (χ4v) is 6.94. The molecular formula is C44H47BrN10O2. The summed E-state index contributed by atoms with van der Waals surface area (Å²) in [5.74, 6) is 2.97. The SMILES string of the molecule is BrC1CC1.CC(C)Cn1nc(-c2ccc3cc(O)ccc3c2)c2c(N)ncnc21.CC(C)Cn1nc(-c2ccc3cc(OC4CC4)ccc3c2)c2c(N)ncnc21. The van der Waals surface area contributed by atoms with E-state index in [2.05, 4.69) is 93.9 Å². The number of fused-ring (bicyclic) bond motifs is 4. The number of phenolic OH excluding ortho intramolecular Hbond substituents is 1. The number of hydrogen-bond acceptors (Lipinski definition) is 10. The van der Waals surface area contributed by atoms with E-state index in [0.29, 0.717) is 29.6 Å². The van der Waals surface area contributed by atoms with Crippen LogP contribution in [0.25, 0.3) is 66.1 Å². The molecule has 13 heteroatoms. The van der Waals surface area contributed by atoms with Crippen molar-refractivity contribution in [3.63, 3.8) is 0 Å². The van der Waals surface area contributed by atoms with Crippen molar-refractivity contribution in [2.75, 3.05) is 11.5 Å². The first kappa shape index (κ1) is 38.1. The Morgan fingerprint density at radius 2 is 1.11 bits per heavy atom. The molecule has 8 aromatic rings. The van der Waals surface area contributed by atoms with Crippen molar-refractivity contribution in [2.24, 2.45) is 11.8 Å². The molecule has 292 valence electrons. The van der Waals surface area contributed by atoms with Gasteiger partial charge in [-0.3, -0.25) is 0 Å². The average molecular weight is 828 g/mol. The second kappa shape index (κ2) is 16.0. The third-order valence-electron chi connectivity index (χ3n) is 9.71. The maximum absolute atomic E-state index is 9.63. The fraction of sp³-hybridized carbons (Fsp3) is 0.318. The number of aromatic nitrogens is 8. The number of halogens is 1. The first-order valence-corrected chi connectivity index (χ1v) is 20.4. The van der Waals surface area contributed by atoms with Crippen LogP contribution in [0.4, 0.5) is 11.6 Å². The largest absolute Gasteiger partial charge is 0.508 e. The predicted molar refractivity (Wildman–Crippen MR) is 232 cm³/mol. The third kappa shape index (κ3) is 8.63. The minimum absolute atomic E-state index is 0.254. The number of hydrogen-bond donors (Lipinski definition) is 3. The van der Waals surface area contributed by atoms with Gasteiger partial charge in [0.25, 0.3) is 0 Å². The zero-order valence-electron chi connectivity index (χ0n) is 32.6. The molecule has 0 saturated heterocycles. The van der Waals surface area contributed by atoms with Gasteiger partial charge in [-0.2, -0.15) is 10.2 Å². The summed E-state index contributed by atoms with van der Waals surface area (Å²) in [7, 11) is 0. The van der Waals surface area contributed by atoms with Crippen molar-refractivity contribution in [3.8, 4) is 34.0 Å². The molecule has 2 aliphatic rings. The molecule has 0 amide bonds. The summed E-state index contributed by atoms with van der Waals surface area (Å²) in [6.07, 6.45) is 8.50. The maximum Gasteiger partial charge on any atom is 0.163 e. The van der Waals surface area contributed by atoms with Crippen molar-refractivity contribution in [3.05, 3.63) is 85.5 Å². The Morgan fingerprint density at radius 3 is 1.58 bits per heavy atom. The van der Waals surface area contributed by atoms with Gasteiger partial charge in [-0.25, -0.2) is 29.3 Å². The summed E-state index contributed by atoms with van der Waals surface area (Å²) >= 11 is 3.38. The molecule has 2 saturated carbocycles. The minimum Gasteiger partial charge on any atom is -0.508 e. The summed E-state index contributed by atoms with van der Waals surface area (Å²) < 4.78 is 9.75. The van der Waals surface area contributed by atoms with Gasteiger partial charge in [-0.1, -0.05) is 80.0 Å². The molecule has 57 heavy (non-hydrogen) atoms. The number of anilines is 2. The fourth-order valence-electron chi connectivity index (χ4n) is 6.68. The van der Waals surface area contributed by atoms with Crippen LogP contribution < -0.4 is 16.2 Å². The van der Waals surface area contributed by atoms with Gasteiger partial charge >= 0.3 is 0 Å². The van der Waals surface area contributed by atoms with E-state index in [1.54, 1.807) is 12.1 Å². The lowest BCUT2D eigenvalue weighted by Crippen LogP contribution is -2.07. The Kier molecular flexibility index (Phi) is 10.7. The van der Waals surface area contributed by atoms with Gasteiger partial charge in [0, 0.05) is 29.0 Å². The molecule has 4 aromatic carbocycles. The summed E-state index contributed by atoms with van der Waals surface area (Å²) in [5.41, 5.74) is 17.4. The van der Waals surface area contributed by atoms with E-state index in [9.17, 15) is 5.11 Å². The van der Waals surface area contributed by atoms with Gasteiger partial charge < -0.3 is 21.3 Å². The zero-order valence-corrected chi connectivity index (χ0v) is 34.2. The summed E-state index contributed by atoms with van der Waals surface area (Å²) in [4.78, 5) is 18.1. The molecule has 4 heterocycles. The normalized spacial score (nSPS) is 13.9. The molecule has 10 rings (SSSR count). The van der Waals surface area contributed by atoms with E-state index < -0.39 is 0 Å². The van der Waals surface area contributed by atoms with Crippen LogP contribution in [0.1, 0.15) is 53.4 Å². The van der Waals surface area contributed by atoms with Crippen molar-refractivity contribution in [1.29, 1.82) is 0 Å². The number of nitrogens with two attached hydrogens (primary N) is 2. The second-order valence-electron chi connectivity index (χ2n) is 15.7. The number of aromatic hydroxyl groups is 1. The van der Waals surface area contributed by atoms with E-state index >= 15 is 0 Å². The highest BCUT2D eigenvalue weighted by Gasteiger charge is 2.24. The number of alkyl halides is 1. The zero-order chi connectivity index (χ0) is 39.8. The summed E-state index contributed by atoms with van der Waals surface area (Å²) in [5, 5.41) is 25.1. The highest BCUT2D eigenvalue weighted by atomic mass is 79.9. The molecular weight excluding hydrogens is 780 g/mol. The number of nitrogens with zero attached hydrogens (tertiary/aromatic N) is 8. The van der Waals surface area contributed by atoms with E-state index in [4.69, 9.17) is 26.4 Å². The van der Waals surface area contributed by atoms with Crippen molar-refractivity contribution in [2.45, 2.75) is 77.4 Å². The Hall–Kier alpha value is -5.82. The lowest BCUT2D eigenvalue weighted by Gasteiger charge is -2.07. The van der Waals surface area contributed by atoms with Gasteiger partial charge in [-0.15, -0.1) is 0 Å². The van der Waals surface area contributed by atoms with Gasteiger partial charge in [0.1, 0.15) is 47.2 Å². The molecule has 12 nitrogen and oxygen atoms in total. The van der Waals surface area contributed by atoms with Gasteiger partial charge in [0.2, 0.25) is 0 Å². The smallest absolute Gasteiger partial charge is 0.163 e. The highest BCUT2D eigenvalue weighted by Crippen LogP contribution is 2.35. The molecule has 4 aromatic heterocycles. The Bertz CT molecular complexity index is 2720. The molecule has 2 fully saturated rings. The minimum atomic E-state index is 0.254. The number of phenols is 1. The molecule has 5 N–H and O–H groups in total. The Balaban J connectivity index is 0.000000146. The number of nitrogen functional groups attached to an aromatic ring is 2. The Morgan fingerprint density at radius 1 is 0.649 bits per heavy atom. The van der Waals surface area contributed by atoms with Crippen molar-refractivity contribution < 1.29 is 9.84 Å². The van der Waals surface area contributed by atoms with E-state index in [1.165, 1.54) is 25.5 Å². The molecule has 0 aliphatic heterocycles. The molecule has 0 atom stereocenters. The number of benzene rings is 4. The van der Waals surface area contributed by atoms with Crippen molar-refractivity contribution in [1.82, 2.24) is 39.5 Å². The molecule has 0 radical (unpaired) electrons. The first-order valence-electron chi connectivity index (χ1n) is 19.5. The van der Waals surface area contributed by atoms with Crippen LogP contribution in [0.3, 0.4) is 0 Å². The monoisotopic (exact) mass is 826 g/mol. The van der Waals surface area contributed by atoms with Crippen LogP contribution in [0.2, 0.25) is 0 Å². The quantitative estimate of drug-likeness (QED) is 0.125. The maximum atomic E-state index is 9.63. The van der Waals surface area contributed by atoms with E-state index in [1.807, 2.05) is 39.7 Å². The van der Waals surface area contributed by atoms with E-state index in [0.717, 1.165) is 103 Å². The van der Waals surface area contributed by atoms with Crippen LogP contribution in [0.15, 0.2) is 85.5 Å². The lowest BCUT2D eigenvalue weighted by atomic mass is 10.0. The van der Waals surface area contributed by atoms with Crippen LogP contribution in [-0.2, 0) is 13.1 Å². The molecule has 0 bridgehead atoms. The predicted octanol–water partition coefficient (Wildman–Crippen LogP) is 9.56. The first-order chi connectivity index (χ1) is 27.5. The molecule has 2 aliphatic carbocycles. The summed E-state index contributed by atoms with van der Waals surface area (Å²) in [6.45, 7) is 10.1. The summed E-state index contributed by atoms with van der Waals surface area (Å²) in [6, 6.07) is 23.9. The van der Waals surface area contributed by atoms with Crippen LogP contribution in [0, 0.1) is 11.8 Å². The third-order valence-corrected chi connectivity index (χ3v) is 10.6. The van der Waals surface area contributed by atoms with E-state index in [-0.39, 0.29) is 5.75 Å². The highest BCUT2D eigenvalue weighted by molar-refractivity contribution is 9.09. The van der Waals surface area contributed by atoms with Crippen molar-refractivity contribution >= 4 is 71.2 Å². The van der Waals surface area contributed by atoms with Crippen LogP contribution >= 0.6 is 15.9 Å². The topological polar surface area (TPSA) is 169 Å². The average Bonchev–Trinajstić information content (AvgIpc) is 4.11. The standard InChI is InChI=1S/C22H23N5O.C19H19N5O.C3H5Br/c1-13(2)11-27-22-19(21(23)24-12-25-22)20(26-27)16-4-3-15-10-18(28-17-7-8-17)6-5-14(15)9-16;1-11(2)9-24-19-16(18(20)21-10-22-19)17(23-24)14-4-3-13-8-15(25)6-5-12(13)7-14;4-3-1-2-3/h3-6,9-10,12-13,17H,7-8,11H2,1-2H3,(H2,23,24,25);3-8,10-11,25H,9H2,1-2H3,(H2,20,21,22);3H,1-2H2. The number of rotatable bonds is 8.